The summed E-state index contributed by atoms with van der Waals surface area (Å²) in [5.41, 5.74) is 0.974. The van der Waals surface area contributed by atoms with E-state index in [1.807, 2.05) is 18.2 Å². The topological polar surface area (TPSA) is 104 Å². The minimum Gasteiger partial charge on any atom is -0.493 e. The van der Waals surface area contributed by atoms with Crippen LogP contribution in [0.15, 0.2) is 23.4 Å². The summed E-state index contributed by atoms with van der Waals surface area (Å²) in [6, 6.07) is 5.92. The number of amides is 1. The summed E-state index contributed by atoms with van der Waals surface area (Å²) >= 11 is 1.30. The number of hydrogen-bond donors (Lipinski definition) is 2. The molecule has 1 aromatic heterocycles. The Balaban J connectivity index is 1.57. The summed E-state index contributed by atoms with van der Waals surface area (Å²) < 4.78 is 12.1. The van der Waals surface area contributed by atoms with Gasteiger partial charge in [-0.3, -0.25) is 4.79 Å². The smallest absolute Gasteiger partial charge is 0.230 e. The monoisotopic (exact) mass is 433 g/mol. The number of ether oxygens (including phenoxy) is 2. The summed E-state index contributed by atoms with van der Waals surface area (Å²) in [6.07, 6.45) is 3.94. The number of nitrogens with zero attached hydrogens (tertiary/aromatic N) is 3. The largest absolute Gasteiger partial charge is 0.493 e. The Hall–Kier alpha value is -2.42. The summed E-state index contributed by atoms with van der Waals surface area (Å²) in [7, 11) is 3.20. The Morgan fingerprint density at radius 2 is 2.00 bits per heavy atom. The molecule has 3 unspecified atom stereocenters. The Kier molecular flexibility index (Phi) is 7.47. The van der Waals surface area contributed by atoms with E-state index in [1.165, 1.54) is 29.3 Å². The molecule has 1 heterocycles. The van der Waals surface area contributed by atoms with Crippen LogP contribution in [-0.2, 0) is 11.2 Å². The number of thioether (sulfide) groups is 1. The fraction of sp³-hybridized carbons (Fsp3) is 0.571. The molecule has 2 aromatic rings. The third kappa shape index (κ3) is 5.19. The van der Waals surface area contributed by atoms with Gasteiger partial charge in [0.1, 0.15) is 0 Å². The standard InChI is InChI=1S/C21H31N5O3S/c1-13-6-5-7-16(14(13)2)23-20(27)12-30-21-25-24-19(26(21)22)11-15-8-9-17(28-3)18(10-15)29-4/h8-10,13-14,16H,5-7,11-12,22H2,1-4H3,(H,23,27). The molecule has 3 atom stereocenters. The maximum Gasteiger partial charge on any atom is 0.230 e. The number of methoxy groups -OCH3 is 2. The van der Waals surface area contributed by atoms with Crippen LogP contribution in [0.5, 0.6) is 11.5 Å². The van der Waals surface area contributed by atoms with Crippen LogP contribution in [0.3, 0.4) is 0 Å². The van der Waals surface area contributed by atoms with E-state index in [9.17, 15) is 4.79 Å². The molecule has 1 fully saturated rings. The van der Waals surface area contributed by atoms with Crippen molar-refractivity contribution in [3.05, 3.63) is 29.6 Å². The van der Waals surface area contributed by atoms with E-state index in [-0.39, 0.29) is 17.7 Å². The molecule has 1 amide bonds. The van der Waals surface area contributed by atoms with Gasteiger partial charge in [0.05, 0.1) is 20.0 Å². The molecule has 0 saturated heterocycles. The van der Waals surface area contributed by atoms with Crippen LogP contribution in [0.25, 0.3) is 0 Å². The first-order valence-electron chi connectivity index (χ1n) is 10.2. The molecule has 164 valence electrons. The second-order valence-electron chi connectivity index (χ2n) is 7.86. The fourth-order valence-corrected chi connectivity index (χ4v) is 4.55. The quantitative estimate of drug-likeness (QED) is 0.487. The average molecular weight is 434 g/mol. The first-order chi connectivity index (χ1) is 14.4. The normalized spacial score (nSPS) is 21.3. The zero-order valence-electron chi connectivity index (χ0n) is 18.1. The molecule has 30 heavy (non-hydrogen) atoms. The number of aromatic nitrogens is 3. The molecule has 1 aromatic carbocycles. The zero-order valence-corrected chi connectivity index (χ0v) is 18.9. The highest BCUT2D eigenvalue weighted by Crippen LogP contribution is 2.30. The number of hydrogen-bond acceptors (Lipinski definition) is 7. The van der Waals surface area contributed by atoms with Crippen LogP contribution in [-0.4, -0.2) is 46.8 Å². The number of benzene rings is 1. The predicted molar refractivity (Wildman–Crippen MR) is 117 cm³/mol. The van der Waals surface area contributed by atoms with Gasteiger partial charge in [-0.15, -0.1) is 10.2 Å². The maximum absolute atomic E-state index is 12.4. The minimum absolute atomic E-state index is 0.00962. The lowest BCUT2D eigenvalue weighted by atomic mass is 9.78. The van der Waals surface area contributed by atoms with Crippen molar-refractivity contribution in [1.82, 2.24) is 20.2 Å². The molecule has 1 aliphatic rings. The number of nitrogens with two attached hydrogens (primary N) is 1. The van der Waals surface area contributed by atoms with Crippen LogP contribution in [0.2, 0.25) is 0 Å². The first kappa shape index (κ1) is 22.3. The third-order valence-corrected chi connectivity index (χ3v) is 6.87. The number of nitrogens with one attached hydrogen (secondary N) is 1. The Morgan fingerprint density at radius 3 is 2.73 bits per heavy atom. The van der Waals surface area contributed by atoms with Gasteiger partial charge in [-0.25, -0.2) is 4.68 Å². The highest BCUT2D eigenvalue weighted by Gasteiger charge is 2.28. The van der Waals surface area contributed by atoms with Crippen LogP contribution in [0.4, 0.5) is 0 Å². The summed E-state index contributed by atoms with van der Waals surface area (Å²) in [5.74, 6) is 9.51. The van der Waals surface area contributed by atoms with Gasteiger partial charge in [-0.2, -0.15) is 0 Å². The number of nitrogen functional groups attached to an aromatic ring is 1. The van der Waals surface area contributed by atoms with Crippen LogP contribution in [0, 0.1) is 11.8 Å². The first-order valence-corrected chi connectivity index (χ1v) is 11.2. The lowest BCUT2D eigenvalue weighted by Gasteiger charge is -2.34. The minimum atomic E-state index is 0.00962. The SMILES string of the molecule is COc1ccc(Cc2nnc(SCC(=O)NC3CCCC(C)C3C)n2N)cc1OC. The highest BCUT2D eigenvalue weighted by atomic mass is 32.2. The maximum atomic E-state index is 12.4. The van der Waals surface area contributed by atoms with Crippen molar-refractivity contribution in [2.45, 2.75) is 50.7 Å². The zero-order chi connectivity index (χ0) is 21.7. The van der Waals surface area contributed by atoms with E-state index in [4.69, 9.17) is 15.3 Å². The van der Waals surface area contributed by atoms with E-state index < -0.39 is 0 Å². The lowest BCUT2D eigenvalue weighted by Crippen LogP contribution is -2.44. The van der Waals surface area contributed by atoms with Gasteiger partial charge in [0.2, 0.25) is 11.1 Å². The van der Waals surface area contributed by atoms with Crippen molar-refractivity contribution in [1.29, 1.82) is 0 Å². The molecule has 0 radical (unpaired) electrons. The van der Waals surface area contributed by atoms with Gasteiger partial charge in [-0.05, 0) is 36.0 Å². The molecular weight excluding hydrogens is 402 g/mol. The van der Waals surface area contributed by atoms with E-state index in [1.54, 1.807) is 14.2 Å². The van der Waals surface area contributed by atoms with Crippen molar-refractivity contribution in [3.63, 3.8) is 0 Å². The molecule has 9 heteroatoms. The Bertz CT molecular complexity index is 872. The molecule has 0 bridgehead atoms. The van der Waals surface area contributed by atoms with Gasteiger partial charge in [0.15, 0.2) is 17.3 Å². The fourth-order valence-electron chi connectivity index (χ4n) is 3.86. The summed E-state index contributed by atoms with van der Waals surface area (Å²) in [5, 5.41) is 12.0. The second-order valence-corrected chi connectivity index (χ2v) is 8.81. The van der Waals surface area contributed by atoms with E-state index in [0.29, 0.717) is 40.7 Å². The van der Waals surface area contributed by atoms with Gasteiger partial charge >= 0.3 is 0 Å². The van der Waals surface area contributed by atoms with Gasteiger partial charge < -0.3 is 20.6 Å². The molecule has 1 saturated carbocycles. The van der Waals surface area contributed by atoms with Crippen molar-refractivity contribution >= 4 is 17.7 Å². The molecule has 0 aliphatic heterocycles. The van der Waals surface area contributed by atoms with Crippen molar-refractivity contribution < 1.29 is 14.3 Å². The highest BCUT2D eigenvalue weighted by molar-refractivity contribution is 7.99. The summed E-state index contributed by atoms with van der Waals surface area (Å²) in [4.78, 5) is 12.4. The molecule has 0 spiro atoms. The van der Waals surface area contributed by atoms with Crippen LogP contribution < -0.4 is 20.6 Å². The van der Waals surface area contributed by atoms with Crippen LogP contribution in [0.1, 0.15) is 44.5 Å². The average Bonchev–Trinajstić information content (AvgIpc) is 3.09. The Morgan fingerprint density at radius 1 is 1.23 bits per heavy atom. The number of carbonyl (C=O) groups excluding carboxylic acids is 1. The van der Waals surface area contributed by atoms with Crippen molar-refractivity contribution in [3.8, 4) is 11.5 Å². The third-order valence-electron chi connectivity index (χ3n) is 5.93. The number of carbonyl (C=O) groups is 1. The van der Waals surface area contributed by atoms with E-state index >= 15 is 0 Å². The van der Waals surface area contributed by atoms with Crippen molar-refractivity contribution in [2.75, 3.05) is 25.8 Å². The van der Waals surface area contributed by atoms with Gasteiger partial charge in [-0.1, -0.05) is 44.5 Å². The molecule has 3 N–H and O–H groups in total. The van der Waals surface area contributed by atoms with Gasteiger partial charge in [0.25, 0.3) is 0 Å². The second kappa shape index (κ2) is 10.1. The van der Waals surface area contributed by atoms with Crippen LogP contribution >= 0.6 is 11.8 Å². The summed E-state index contributed by atoms with van der Waals surface area (Å²) in [6.45, 7) is 4.48. The van der Waals surface area contributed by atoms with Crippen molar-refractivity contribution in [2.24, 2.45) is 11.8 Å². The van der Waals surface area contributed by atoms with Gasteiger partial charge in [0, 0.05) is 12.5 Å². The molecule has 1 aliphatic carbocycles. The molecule has 8 nitrogen and oxygen atoms in total. The number of rotatable bonds is 8. The Labute approximate surface area is 181 Å². The molecule has 3 rings (SSSR count). The van der Waals surface area contributed by atoms with E-state index in [2.05, 4.69) is 29.4 Å². The molecular formula is C21H31N5O3S. The lowest BCUT2D eigenvalue weighted by molar-refractivity contribution is -0.120. The van der Waals surface area contributed by atoms with E-state index in [0.717, 1.165) is 12.0 Å². The predicted octanol–water partition coefficient (Wildman–Crippen LogP) is 2.63.